The number of hydrogen-bond acceptors (Lipinski definition) is 6. The Bertz CT molecular complexity index is 879. The summed E-state index contributed by atoms with van der Waals surface area (Å²) in [5.74, 6) is -1.47. The van der Waals surface area contributed by atoms with Gasteiger partial charge in [-0.3, -0.25) is 14.4 Å². The third-order valence-electron chi connectivity index (χ3n) is 8.53. The van der Waals surface area contributed by atoms with Crippen LogP contribution in [0.2, 0.25) is 0 Å². The summed E-state index contributed by atoms with van der Waals surface area (Å²) in [5.41, 5.74) is 0. The lowest BCUT2D eigenvalue weighted by molar-refractivity contribution is -0.155. The van der Waals surface area contributed by atoms with Gasteiger partial charge in [-0.05, 0) is 43.9 Å². The molecule has 3 aliphatic heterocycles. The van der Waals surface area contributed by atoms with Gasteiger partial charge in [0, 0.05) is 18.3 Å². The van der Waals surface area contributed by atoms with Crippen LogP contribution in [0.1, 0.15) is 72.6 Å². The van der Waals surface area contributed by atoms with Crippen LogP contribution < -0.4 is 0 Å². The predicted molar refractivity (Wildman–Crippen MR) is 153 cm³/mol. The topological polar surface area (TPSA) is 87.1 Å². The van der Waals surface area contributed by atoms with Crippen LogP contribution in [0.4, 0.5) is 0 Å². The molecule has 2 bridgehead atoms. The van der Waals surface area contributed by atoms with Gasteiger partial charge in [-0.1, -0.05) is 52.7 Å². The van der Waals surface area contributed by atoms with Gasteiger partial charge in [-0.15, -0.1) is 24.9 Å². The number of likely N-dealkylation sites (tertiary alicyclic amines) is 1. The summed E-state index contributed by atoms with van der Waals surface area (Å²) in [7, 11) is 0. The number of aliphatic hydroxyl groups is 1. The number of allylic oxidation sites excluding steroid dienone is 1. The summed E-state index contributed by atoms with van der Waals surface area (Å²) in [6.45, 7) is 17.1. The molecule has 214 valence electrons. The summed E-state index contributed by atoms with van der Waals surface area (Å²) in [5, 5.41) is 10.4. The smallest absolute Gasteiger partial charge is 0.310 e. The normalized spacial score (nSPS) is 30.4. The van der Waals surface area contributed by atoms with Crippen molar-refractivity contribution in [2.75, 3.05) is 26.3 Å². The van der Waals surface area contributed by atoms with E-state index in [9.17, 15) is 19.5 Å². The van der Waals surface area contributed by atoms with Crippen molar-refractivity contribution in [3.05, 3.63) is 25.3 Å². The fourth-order valence-electron chi connectivity index (χ4n) is 6.89. The second-order valence-electron chi connectivity index (χ2n) is 11.6. The number of nitrogens with zero attached hydrogens (tertiary/aromatic N) is 2. The van der Waals surface area contributed by atoms with Gasteiger partial charge in [0.15, 0.2) is 0 Å². The molecule has 0 aromatic carbocycles. The minimum atomic E-state index is -0.721. The van der Waals surface area contributed by atoms with E-state index in [4.69, 9.17) is 4.74 Å². The summed E-state index contributed by atoms with van der Waals surface area (Å²) in [6, 6.07) is -1.20. The number of fused-ring (bicyclic) bond motifs is 1. The second-order valence-corrected chi connectivity index (χ2v) is 13.2. The molecule has 3 aliphatic rings. The minimum absolute atomic E-state index is 0.0473. The fourth-order valence-corrected chi connectivity index (χ4v) is 9.28. The van der Waals surface area contributed by atoms with E-state index in [0.717, 1.165) is 32.1 Å². The van der Waals surface area contributed by atoms with E-state index < -0.39 is 28.7 Å². The Kier molecular flexibility index (Phi) is 10.9. The van der Waals surface area contributed by atoms with Crippen LogP contribution in [0.3, 0.4) is 0 Å². The number of amides is 2. The Labute approximate surface area is 233 Å². The van der Waals surface area contributed by atoms with E-state index in [0.29, 0.717) is 32.5 Å². The monoisotopic (exact) mass is 548 g/mol. The van der Waals surface area contributed by atoms with Gasteiger partial charge in [-0.25, -0.2) is 0 Å². The Morgan fingerprint density at radius 2 is 2.00 bits per heavy atom. The largest absolute Gasteiger partial charge is 0.465 e. The fraction of sp³-hybridized carbons (Fsp3) is 0.767. The van der Waals surface area contributed by atoms with Crippen LogP contribution in [-0.2, 0) is 19.1 Å². The average molecular weight is 549 g/mol. The number of carbonyl (C=O) groups is 3. The van der Waals surface area contributed by atoms with E-state index in [1.807, 2.05) is 4.90 Å². The number of ether oxygens (including phenoxy) is 1. The van der Waals surface area contributed by atoms with E-state index >= 15 is 0 Å². The lowest BCUT2D eigenvalue weighted by Gasteiger charge is -2.42. The van der Waals surface area contributed by atoms with Crippen LogP contribution in [-0.4, -0.2) is 81.1 Å². The highest BCUT2D eigenvalue weighted by molar-refractivity contribution is 8.02. The molecule has 3 rings (SSSR count). The van der Waals surface area contributed by atoms with Gasteiger partial charge in [0.1, 0.15) is 6.04 Å². The first kappa shape index (κ1) is 30.7. The molecular weight excluding hydrogens is 500 g/mol. The molecule has 0 aromatic rings. The first-order valence-electron chi connectivity index (χ1n) is 14.5. The third-order valence-corrected chi connectivity index (χ3v) is 10.6. The molecule has 0 saturated carbocycles. The minimum Gasteiger partial charge on any atom is -0.465 e. The molecule has 0 aliphatic carbocycles. The summed E-state index contributed by atoms with van der Waals surface area (Å²) in [6.07, 6.45) is 9.29. The molecule has 2 amide bonds. The lowest BCUT2D eigenvalue weighted by Crippen LogP contribution is -2.59. The van der Waals surface area contributed by atoms with Crippen molar-refractivity contribution in [1.29, 1.82) is 0 Å². The number of hydrogen-bond donors (Lipinski definition) is 1. The van der Waals surface area contributed by atoms with Gasteiger partial charge in [0.2, 0.25) is 11.8 Å². The molecule has 38 heavy (non-hydrogen) atoms. The van der Waals surface area contributed by atoms with Gasteiger partial charge < -0.3 is 19.6 Å². The molecule has 3 heterocycles. The number of aliphatic hydroxyl groups excluding tert-OH is 1. The first-order valence-corrected chi connectivity index (χ1v) is 15.3. The molecular formula is C30H48N2O5S. The predicted octanol–water partition coefficient (Wildman–Crippen LogP) is 4.44. The highest BCUT2D eigenvalue weighted by Crippen LogP contribution is 2.69. The number of thioether (sulfide) groups is 1. The van der Waals surface area contributed by atoms with Crippen LogP contribution in [0.5, 0.6) is 0 Å². The molecule has 8 heteroatoms. The molecule has 3 saturated heterocycles. The lowest BCUT2D eigenvalue weighted by atomic mass is 9.66. The van der Waals surface area contributed by atoms with Crippen LogP contribution in [0, 0.1) is 23.7 Å². The summed E-state index contributed by atoms with van der Waals surface area (Å²) in [4.78, 5) is 45.7. The Morgan fingerprint density at radius 3 is 2.61 bits per heavy atom. The molecule has 0 aromatic heterocycles. The quantitative estimate of drug-likeness (QED) is 0.174. The second kappa shape index (κ2) is 13.5. The van der Waals surface area contributed by atoms with Crippen molar-refractivity contribution in [3.63, 3.8) is 0 Å². The maximum absolute atomic E-state index is 14.4. The number of rotatable bonds is 16. The highest BCUT2D eigenvalue weighted by Gasteiger charge is 2.77. The van der Waals surface area contributed by atoms with Gasteiger partial charge in [0.05, 0.1) is 35.8 Å². The average Bonchev–Trinajstić information content (AvgIpc) is 3.48. The van der Waals surface area contributed by atoms with Crippen LogP contribution in [0.25, 0.3) is 0 Å². The van der Waals surface area contributed by atoms with Crippen molar-refractivity contribution in [2.45, 2.75) is 94.7 Å². The van der Waals surface area contributed by atoms with Crippen molar-refractivity contribution in [3.8, 4) is 0 Å². The SMILES string of the molecule is C=CCCCOC(=O)[C@@H]1[C@H]2C(=O)N([C@@H](CO)CC(C)C)C(C(=O)N(CC=C)CCCCC)C23S[C@@H]1CC3C. The van der Waals surface area contributed by atoms with Crippen LogP contribution in [0.15, 0.2) is 25.3 Å². The number of carbonyl (C=O) groups excluding carboxylic acids is 3. The van der Waals surface area contributed by atoms with E-state index in [1.165, 1.54) is 0 Å². The maximum atomic E-state index is 14.4. The van der Waals surface area contributed by atoms with Crippen molar-refractivity contribution in [2.24, 2.45) is 23.7 Å². The molecule has 1 N–H and O–H groups in total. The van der Waals surface area contributed by atoms with Crippen molar-refractivity contribution in [1.82, 2.24) is 9.80 Å². The van der Waals surface area contributed by atoms with Crippen molar-refractivity contribution >= 4 is 29.5 Å². The standard InChI is InChI=1S/C30H48N2O5S/c1-7-10-12-15-31(14-9-3)28(35)26-30-21(6)18-23(38-30)24(29(36)37-16-13-11-8-2)25(30)27(34)32(26)22(19-33)17-20(4)5/h8-9,20-26,33H,2-3,7,10-19H2,1,4-6H3/t21?,22-,23-,24+,25+,26?,30?/m1/s1. The number of unbranched alkanes of at least 4 members (excludes halogenated alkanes) is 3. The van der Waals surface area contributed by atoms with E-state index in [-0.39, 0.29) is 41.5 Å². The molecule has 3 unspecified atom stereocenters. The summed E-state index contributed by atoms with van der Waals surface area (Å²) >= 11 is 1.66. The van der Waals surface area contributed by atoms with Crippen LogP contribution >= 0.6 is 11.8 Å². The Hall–Kier alpha value is -1.80. The van der Waals surface area contributed by atoms with Gasteiger partial charge in [0.25, 0.3) is 0 Å². The van der Waals surface area contributed by atoms with E-state index in [1.54, 1.807) is 28.8 Å². The third kappa shape index (κ3) is 5.72. The first-order chi connectivity index (χ1) is 18.2. The zero-order valence-corrected chi connectivity index (χ0v) is 24.6. The molecule has 0 radical (unpaired) electrons. The van der Waals surface area contributed by atoms with E-state index in [2.05, 4.69) is 40.9 Å². The summed E-state index contributed by atoms with van der Waals surface area (Å²) < 4.78 is 4.96. The zero-order chi connectivity index (χ0) is 28.0. The Balaban J connectivity index is 2.03. The molecule has 7 nitrogen and oxygen atoms in total. The van der Waals surface area contributed by atoms with Gasteiger partial charge in [-0.2, -0.15) is 0 Å². The highest BCUT2D eigenvalue weighted by atomic mass is 32.2. The molecule has 3 fully saturated rings. The van der Waals surface area contributed by atoms with Crippen molar-refractivity contribution < 1.29 is 24.2 Å². The maximum Gasteiger partial charge on any atom is 0.310 e. The molecule has 7 atom stereocenters. The number of esters is 1. The zero-order valence-electron chi connectivity index (χ0n) is 23.8. The molecule has 1 spiro atoms. The Morgan fingerprint density at radius 1 is 1.26 bits per heavy atom. The van der Waals surface area contributed by atoms with Gasteiger partial charge >= 0.3 is 5.97 Å².